The number of amides is 1. The Hall–Kier alpha value is -2.22. The van der Waals surface area contributed by atoms with E-state index >= 15 is 0 Å². The molecule has 1 amide bonds. The summed E-state index contributed by atoms with van der Waals surface area (Å²) in [7, 11) is 1.89. The molecule has 1 unspecified atom stereocenters. The third kappa shape index (κ3) is 2.93. The summed E-state index contributed by atoms with van der Waals surface area (Å²) < 4.78 is 7.21. The first-order valence-electron chi connectivity index (χ1n) is 8.55. The number of rotatable bonds is 4. The van der Waals surface area contributed by atoms with E-state index < -0.39 is 0 Å². The lowest BCUT2D eigenvalue weighted by molar-refractivity contribution is -0.130. The summed E-state index contributed by atoms with van der Waals surface area (Å²) in [6, 6.07) is 0.276. The zero-order valence-corrected chi connectivity index (χ0v) is 13.8. The molecule has 2 aromatic rings. The Morgan fingerprint density at radius 2 is 2.21 bits per heavy atom. The van der Waals surface area contributed by atoms with E-state index in [2.05, 4.69) is 25.3 Å². The Bertz CT molecular complexity index is 718. The van der Waals surface area contributed by atoms with Crippen molar-refractivity contribution < 1.29 is 9.32 Å². The molecule has 2 aromatic heterocycles. The maximum Gasteiger partial charge on any atom is 0.237 e. The van der Waals surface area contributed by atoms with Gasteiger partial charge in [0.25, 0.3) is 0 Å². The van der Waals surface area contributed by atoms with Crippen molar-refractivity contribution in [3.63, 3.8) is 0 Å². The van der Waals surface area contributed by atoms with E-state index in [9.17, 15) is 4.79 Å². The SMILES string of the molecule is Cn1cnc(-c2noc(CC3C(=O)NCCN3C3CCCC3)n2)c1. The summed E-state index contributed by atoms with van der Waals surface area (Å²) in [6.45, 7) is 1.61. The highest BCUT2D eigenvalue weighted by molar-refractivity contribution is 5.82. The molecule has 0 bridgehead atoms. The van der Waals surface area contributed by atoms with Gasteiger partial charge in [-0.2, -0.15) is 4.98 Å². The van der Waals surface area contributed by atoms with Crippen LogP contribution in [0.2, 0.25) is 0 Å². The molecule has 2 aliphatic rings. The van der Waals surface area contributed by atoms with Gasteiger partial charge in [0.1, 0.15) is 5.69 Å². The molecule has 1 atom stereocenters. The molecule has 8 heteroatoms. The van der Waals surface area contributed by atoms with Gasteiger partial charge in [-0.1, -0.05) is 18.0 Å². The molecule has 1 aliphatic carbocycles. The van der Waals surface area contributed by atoms with E-state index in [4.69, 9.17) is 4.52 Å². The van der Waals surface area contributed by atoms with Crippen molar-refractivity contribution in [3.8, 4) is 11.5 Å². The Kier molecular flexibility index (Phi) is 4.05. The van der Waals surface area contributed by atoms with E-state index in [1.807, 2.05) is 17.8 Å². The first-order chi connectivity index (χ1) is 11.7. The van der Waals surface area contributed by atoms with Crippen molar-refractivity contribution >= 4 is 5.91 Å². The second kappa shape index (κ2) is 6.35. The summed E-state index contributed by atoms with van der Waals surface area (Å²) in [5.41, 5.74) is 0.674. The van der Waals surface area contributed by atoms with Crippen LogP contribution in [-0.4, -0.2) is 55.7 Å². The number of hydrogen-bond donors (Lipinski definition) is 1. The van der Waals surface area contributed by atoms with Gasteiger partial charge in [-0.15, -0.1) is 0 Å². The predicted molar refractivity (Wildman–Crippen MR) is 86.0 cm³/mol. The number of imidazole rings is 1. The molecule has 1 saturated heterocycles. The summed E-state index contributed by atoms with van der Waals surface area (Å²) in [5.74, 6) is 1.01. The fourth-order valence-corrected chi connectivity index (χ4v) is 3.75. The van der Waals surface area contributed by atoms with Gasteiger partial charge in [-0.3, -0.25) is 9.69 Å². The quantitative estimate of drug-likeness (QED) is 0.890. The standard InChI is InChI=1S/C16H22N6O2/c1-21-9-12(18-10-21)15-19-14(24-20-15)8-13-16(23)17-6-7-22(13)11-4-2-3-5-11/h9-11,13H,2-8H2,1H3,(H,17,23). The van der Waals surface area contributed by atoms with E-state index in [0.29, 0.717) is 29.9 Å². The first kappa shape index (κ1) is 15.3. The first-order valence-corrected chi connectivity index (χ1v) is 8.55. The highest BCUT2D eigenvalue weighted by atomic mass is 16.5. The van der Waals surface area contributed by atoms with Crippen LogP contribution in [0.25, 0.3) is 11.5 Å². The molecular formula is C16H22N6O2. The third-order valence-corrected chi connectivity index (χ3v) is 4.94. The van der Waals surface area contributed by atoms with Gasteiger partial charge in [0.05, 0.1) is 18.8 Å². The zero-order valence-electron chi connectivity index (χ0n) is 13.8. The van der Waals surface area contributed by atoms with Crippen LogP contribution in [0, 0.1) is 0 Å². The van der Waals surface area contributed by atoms with Gasteiger partial charge < -0.3 is 14.4 Å². The summed E-state index contributed by atoms with van der Waals surface area (Å²) in [6.07, 6.45) is 8.83. The molecule has 1 saturated carbocycles. The summed E-state index contributed by atoms with van der Waals surface area (Å²) >= 11 is 0. The van der Waals surface area contributed by atoms with Crippen molar-refractivity contribution in [2.75, 3.05) is 13.1 Å². The van der Waals surface area contributed by atoms with Crippen LogP contribution in [-0.2, 0) is 18.3 Å². The summed E-state index contributed by atoms with van der Waals surface area (Å²) in [4.78, 5) is 23.4. The van der Waals surface area contributed by atoms with Crippen LogP contribution in [0.1, 0.15) is 31.6 Å². The number of carbonyl (C=O) groups excluding carboxylic acids is 1. The highest BCUT2D eigenvalue weighted by Gasteiger charge is 2.36. The largest absolute Gasteiger partial charge is 0.353 e. The van der Waals surface area contributed by atoms with Crippen LogP contribution in [0.15, 0.2) is 17.0 Å². The molecule has 4 rings (SSSR count). The molecule has 2 fully saturated rings. The van der Waals surface area contributed by atoms with Crippen molar-refractivity contribution in [2.24, 2.45) is 7.05 Å². The smallest absolute Gasteiger partial charge is 0.237 e. The van der Waals surface area contributed by atoms with Gasteiger partial charge in [0.15, 0.2) is 0 Å². The molecule has 0 radical (unpaired) electrons. The minimum atomic E-state index is -0.223. The van der Waals surface area contributed by atoms with Crippen LogP contribution < -0.4 is 5.32 Å². The van der Waals surface area contributed by atoms with Crippen LogP contribution in [0.4, 0.5) is 0 Å². The van der Waals surface area contributed by atoms with Crippen molar-refractivity contribution in [3.05, 3.63) is 18.4 Å². The lowest BCUT2D eigenvalue weighted by Crippen LogP contribution is -2.58. The average Bonchev–Trinajstić information content (AvgIpc) is 3.30. The average molecular weight is 330 g/mol. The van der Waals surface area contributed by atoms with E-state index in [0.717, 1.165) is 13.1 Å². The van der Waals surface area contributed by atoms with Gasteiger partial charge in [0.2, 0.25) is 17.6 Å². The molecule has 8 nitrogen and oxygen atoms in total. The van der Waals surface area contributed by atoms with E-state index in [1.165, 1.54) is 25.7 Å². The highest BCUT2D eigenvalue weighted by Crippen LogP contribution is 2.27. The molecule has 0 aromatic carbocycles. The maximum atomic E-state index is 12.4. The van der Waals surface area contributed by atoms with Gasteiger partial charge in [-0.25, -0.2) is 4.98 Å². The van der Waals surface area contributed by atoms with Crippen LogP contribution >= 0.6 is 0 Å². The van der Waals surface area contributed by atoms with Crippen molar-refractivity contribution in [2.45, 2.75) is 44.2 Å². The molecule has 24 heavy (non-hydrogen) atoms. The fourth-order valence-electron chi connectivity index (χ4n) is 3.75. The van der Waals surface area contributed by atoms with E-state index in [-0.39, 0.29) is 11.9 Å². The number of nitrogens with one attached hydrogen (secondary N) is 1. The van der Waals surface area contributed by atoms with Crippen LogP contribution in [0.3, 0.4) is 0 Å². The number of nitrogens with zero attached hydrogens (tertiary/aromatic N) is 5. The molecule has 3 heterocycles. The summed E-state index contributed by atoms with van der Waals surface area (Å²) in [5, 5.41) is 6.96. The molecule has 1 N–H and O–H groups in total. The maximum absolute atomic E-state index is 12.4. The molecular weight excluding hydrogens is 308 g/mol. The van der Waals surface area contributed by atoms with Gasteiger partial charge in [0, 0.05) is 32.4 Å². The Morgan fingerprint density at radius 1 is 1.38 bits per heavy atom. The number of aryl methyl sites for hydroxylation is 1. The second-order valence-electron chi connectivity index (χ2n) is 6.62. The van der Waals surface area contributed by atoms with Gasteiger partial charge in [-0.05, 0) is 12.8 Å². The van der Waals surface area contributed by atoms with Crippen LogP contribution in [0.5, 0.6) is 0 Å². The van der Waals surface area contributed by atoms with E-state index in [1.54, 1.807) is 6.33 Å². The zero-order chi connectivity index (χ0) is 16.5. The minimum Gasteiger partial charge on any atom is -0.353 e. The predicted octanol–water partition coefficient (Wildman–Crippen LogP) is 0.756. The second-order valence-corrected chi connectivity index (χ2v) is 6.62. The fraction of sp³-hybridized carbons (Fsp3) is 0.625. The lowest BCUT2D eigenvalue weighted by Gasteiger charge is -2.38. The third-order valence-electron chi connectivity index (χ3n) is 4.94. The Labute approximate surface area is 140 Å². The molecule has 0 spiro atoms. The van der Waals surface area contributed by atoms with Crippen molar-refractivity contribution in [1.82, 2.24) is 29.9 Å². The lowest BCUT2D eigenvalue weighted by atomic mass is 10.0. The van der Waals surface area contributed by atoms with Gasteiger partial charge >= 0.3 is 0 Å². The Morgan fingerprint density at radius 3 is 2.96 bits per heavy atom. The Balaban J connectivity index is 1.51. The normalized spacial score (nSPS) is 22.9. The number of carbonyl (C=O) groups is 1. The number of hydrogen-bond acceptors (Lipinski definition) is 6. The number of piperazine rings is 1. The minimum absolute atomic E-state index is 0.0609. The molecule has 128 valence electrons. The monoisotopic (exact) mass is 330 g/mol. The number of aromatic nitrogens is 4. The molecule has 1 aliphatic heterocycles. The van der Waals surface area contributed by atoms with Crippen molar-refractivity contribution in [1.29, 1.82) is 0 Å². The topological polar surface area (TPSA) is 89.1 Å².